The molecule has 0 radical (unpaired) electrons. The summed E-state index contributed by atoms with van der Waals surface area (Å²) in [6.07, 6.45) is 0. The van der Waals surface area contributed by atoms with Gasteiger partial charge in [-0.3, -0.25) is 15.5 Å². The lowest BCUT2D eigenvalue weighted by atomic mass is 10.1. The fraction of sp³-hybridized carbons (Fsp3) is 0.0625. The molecule has 10 nitrogen and oxygen atoms in total. The predicted molar refractivity (Wildman–Crippen MR) is 93.7 cm³/mol. The van der Waals surface area contributed by atoms with E-state index in [9.17, 15) is 24.6 Å². The monoisotopic (exact) mass is 359 g/mol. The van der Waals surface area contributed by atoms with E-state index in [1.807, 2.05) is 0 Å². The SMILES string of the molecule is CC(=O)N(c1ccc(NNNN)cc1)c1cc(C(=O)O)cc(C(=O)O)c1. The van der Waals surface area contributed by atoms with E-state index < -0.39 is 17.8 Å². The summed E-state index contributed by atoms with van der Waals surface area (Å²) in [5.74, 6) is 2.08. The summed E-state index contributed by atoms with van der Waals surface area (Å²) in [5, 5.41) is 18.4. The summed E-state index contributed by atoms with van der Waals surface area (Å²) >= 11 is 0. The van der Waals surface area contributed by atoms with Crippen LogP contribution in [0, 0.1) is 0 Å². The van der Waals surface area contributed by atoms with Gasteiger partial charge in [-0.1, -0.05) is 0 Å². The van der Waals surface area contributed by atoms with Gasteiger partial charge in [-0.25, -0.2) is 9.59 Å². The Morgan fingerprint density at radius 2 is 1.46 bits per heavy atom. The van der Waals surface area contributed by atoms with Gasteiger partial charge >= 0.3 is 11.9 Å². The van der Waals surface area contributed by atoms with Crippen molar-refractivity contribution in [3.8, 4) is 0 Å². The maximum atomic E-state index is 12.1. The summed E-state index contributed by atoms with van der Waals surface area (Å²) in [6.45, 7) is 1.29. The first-order valence-electron chi connectivity index (χ1n) is 7.32. The van der Waals surface area contributed by atoms with E-state index in [0.29, 0.717) is 11.4 Å². The molecule has 7 N–H and O–H groups in total. The third-order valence-corrected chi connectivity index (χ3v) is 3.39. The van der Waals surface area contributed by atoms with Gasteiger partial charge in [0, 0.05) is 12.6 Å². The van der Waals surface area contributed by atoms with Gasteiger partial charge in [0.1, 0.15) is 0 Å². The summed E-state index contributed by atoms with van der Waals surface area (Å²) in [7, 11) is 0. The van der Waals surface area contributed by atoms with Crippen molar-refractivity contribution in [3.63, 3.8) is 0 Å². The molecular formula is C16H17N5O5. The molecule has 0 bridgehead atoms. The number of aromatic carboxylic acids is 2. The van der Waals surface area contributed by atoms with E-state index in [2.05, 4.69) is 16.5 Å². The molecule has 2 rings (SSSR count). The van der Waals surface area contributed by atoms with Crippen LogP contribution >= 0.6 is 0 Å². The zero-order chi connectivity index (χ0) is 19.3. The first-order valence-corrected chi connectivity index (χ1v) is 7.32. The number of nitrogens with one attached hydrogen (secondary N) is 3. The molecule has 136 valence electrons. The molecule has 26 heavy (non-hydrogen) atoms. The zero-order valence-electron chi connectivity index (χ0n) is 13.7. The second-order valence-electron chi connectivity index (χ2n) is 5.17. The molecule has 0 atom stereocenters. The zero-order valence-corrected chi connectivity index (χ0v) is 13.7. The lowest BCUT2D eigenvalue weighted by Crippen LogP contribution is -2.41. The number of hydrogen-bond donors (Lipinski definition) is 6. The maximum Gasteiger partial charge on any atom is 0.335 e. The summed E-state index contributed by atoms with van der Waals surface area (Å²) in [6, 6.07) is 10.0. The van der Waals surface area contributed by atoms with Crippen molar-refractivity contribution >= 4 is 34.9 Å². The number of nitrogens with zero attached hydrogens (tertiary/aromatic N) is 1. The number of hydrogen-bond acceptors (Lipinski definition) is 7. The first-order chi connectivity index (χ1) is 12.3. The summed E-state index contributed by atoms with van der Waals surface area (Å²) in [5.41, 5.74) is 8.14. The number of carbonyl (C=O) groups excluding carboxylic acids is 1. The molecule has 0 saturated heterocycles. The van der Waals surface area contributed by atoms with Gasteiger partial charge < -0.3 is 15.6 Å². The second kappa shape index (κ2) is 8.07. The molecule has 2 aromatic rings. The van der Waals surface area contributed by atoms with Gasteiger partial charge in [0.15, 0.2) is 0 Å². The Bertz CT molecular complexity index is 805. The molecule has 10 heteroatoms. The lowest BCUT2D eigenvalue weighted by molar-refractivity contribution is -0.115. The number of anilines is 3. The quantitative estimate of drug-likeness (QED) is 0.314. The van der Waals surface area contributed by atoms with E-state index in [-0.39, 0.29) is 16.8 Å². The highest BCUT2D eigenvalue weighted by Gasteiger charge is 2.19. The molecule has 0 fully saturated rings. The number of carboxylic acids is 2. The Hall–Kier alpha value is -3.47. The van der Waals surface area contributed by atoms with Crippen LogP contribution < -0.4 is 27.2 Å². The Morgan fingerprint density at radius 3 is 1.88 bits per heavy atom. The van der Waals surface area contributed by atoms with Crippen LogP contribution in [0.25, 0.3) is 0 Å². The van der Waals surface area contributed by atoms with Crippen molar-refractivity contribution in [2.24, 2.45) is 5.84 Å². The summed E-state index contributed by atoms with van der Waals surface area (Å²) < 4.78 is 0. The van der Waals surface area contributed by atoms with E-state index in [0.717, 1.165) is 6.07 Å². The standard InChI is InChI=1S/C16H17N5O5/c1-9(22)21(13-4-2-12(3-5-13)18-20-19-17)14-7-10(15(23)24)6-11(8-14)16(25)26/h2-8,18-20H,17H2,1H3,(H,23,24)(H,25,26). The van der Waals surface area contributed by atoms with Crippen LogP contribution in [0.15, 0.2) is 42.5 Å². The van der Waals surface area contributed by atoms with Crippen LogP contribution in [0.4, 0.5) is 17.1 Å². The molecule has 0 aliphatic heterocycles. The minimum absolute atomic E-state index is 0.136. The van der Waals surface area contributed by atoms with Crippen molar-refractivity contribution < 1.29 is 24.6 Å². The average Bonchev–Trinajstić information content (AvgIpc) is 2.60. The third-order valence-electron chi connectivity index (χ3n) is 3.39. The van der Waals surface area contributed by atoms with Crippen LogP contribution in [0.3, 0.4) is 0 Å². The van der Waals surface area contributed by atoms with E-state index in [1.54, 1.807) is 24.3 Å². The molecule has 0 aliphatic rings. The number of carboxylic acid groups (broad SMARTS) is 2. The van der Waals surface area contributed by atoms with Gasteiger partial charge in [-0.15, -0.1) is 0 Å². The van der Waals surface area contributed by atoms with Crippen molar-refractivity contribution in [1.82, 2.24) is 11.1 Å². The minimum Gasteiger partial charge on any atom is -0.478 e. The molecule has 0 heterocycles. The Balaban J connectivity index is 2.48. The largest absolute Gasteiger partial charge is 0.478 e. The Morgan fingerprint density at radius 1 is 0.923 bits per heavy atom. The highest BCUT2D eigenvalue weighted by Crippen LogP contribution is 2.29. The smallest absolute Gasteiger partial charge is 0.335 e. The molecule has 0 saturated carbocycles. The molecule has 0 spiro atoms. The number of nitrogens with two attached hydrogens (primary N) is 1. The number of benzene rings is 2. The maximum absolute atomic E-state index is 12.1. The highest BCUT2D eigenvalue weighted by atomic mass is 16.4. The van der Waals surface area contributed by atoms with Gasteiger partial charge in [0.2, 0.25) is 5.91 Å². The first kappa shape index (κ1) is 18.9. The number of carbonyl (C=O) groups is 3. The number of rotatable bonds is 7. The second-order valence-corrected chi connectivity index (χ2v) is 5.17. The lowest BCUT2D eigenvalue weighted by Gasteiger charge is -2.22. The topological polar surface area (TPSA) is 157 Å². The van der Waals surface area contributed by atoms with Gasteiger partial charge in [0.05, 0.1) is 22.5 Å². The normalized spacial score (nSPS) is 10.2. The van der Waals surface area contributed by atoms with Gasteiger partial charge in [-0.2, -0.15) is 11.1 Å². The van der Waals surface area contributed by atoms with E-state index >= 15 is 0 Å². The summed E-state index contributed by atoms with van der Waals surface area (Å²) in [4.78, 5) is 35.9. The molecular weight excluding hydrogens is 342 g/mol. The molecule has 0 aromatic heterocycles. The van der Waals surface area contributed by atoms with Crippen molar-refractivity contribution in [3.05, 3.63) is 53.6 Å². The molecule has 0 aliphatic carbocycles. The number of amides is 1. The Labute approximate surface area is 148 Å². The van der Waals surface area contributed by atoms with Crippen LogP contribution in [0.1, 0.15) is 27.6 Å². The fourth-order valence-corrected chi connectivity index (χ4v) is 2.30. The van der Waals surface area contributed by atoms with Crippen molar-refractivity contribution in [2.45, 2.75) is 6.92 Å². The number of hydrazine groups is 3. The van der Waals surface area contributed by atoms with Crippen molar-refractivity contribution in [2.75, 3.05) is 10.3 Å². The third kappa shape index (κ3) is 4.33. The van der Waals surface area contributed by atoms with E-state index in [1.165, 1.54) is 24.0 Å². The van der Waals surface area contributed by atoms with Gasteiger partial charge in [0.25, 0.3) is 0 Å². The van der Waals surface area contributed by atoms with Crippen molar-refractivity contribution in [1.29, 1.82) is 0 Å². The molecule has 1 amide bonds. The average molecular weight is 359 g/mol. The molecule has 0 unspecified atom stereocenters. The molecule has 2 aromatic carbocycles. The minimum atomic E-state index is -1.29. The van der Waals surface area contributed by atoms with E-state index in [4.69, 9.17) is 5.84 Å². The van der Waals surface area contributed by atoms with Crippen LogP contribution in [0.5, 0.6) is 0 Å². The van der Waals surface area contributed by atoms with Gasteiger partial charge in [-0.05, 0) is 42.5 Å². The van der Waals surface area contributed by atoms with Crippen LogP contribution in [0.2, 0.25) is 0 Å². The highest BCUT2D eigenvalue weighted by molar-refractivity contribution is 6.02. The predicted octanol–water partition coefficient (Wildman–Crippen LogP) is 1.06. The van der Waals surface area contributed by atoms with Crippen LogP contribution in [-0.2, 0) is 4.79 Å². The van der Waals surface area contributed by atoms with Crippen LogP contribution in [-0.4, -0.2) is 28.1 Å². The Kier molecular flexibility index (Phi) is 5.86. The fourth-order valence-electron chi connectivity index (χ4n) is 2.30.